The monoisotopic (exact) mass is 600 g/mol. The minimum absolute atomic E-state index is 0.327. The molecule has 4 aromatic rings. The number of rotatable bonds is 7. The minimum atomic E-state index is -0.364. The molecular formula is C26H19Br2ClN2O3. The minimum Gasteiger partial charge on any atom is -0.496 e. The van der Waals surface area contributed by atoms with Crippen LogP contribution in [-0.2, 0) is 6.61 Å². The van der Waals surface area contributed by atoms with E-state index in [2.05, 4.69) is 42.4 Å². The fourth-order valence-corrected chi connectivity index (χ4v) is 4.99. The zero-order valence-electron chi connectivity index (χ0n) is 18.0. The standard InChI is InChI=1S/C26H19Br2ClN2O3/c1-33-24-13-18-7-3-2-6-17(18)12-20(24)26(32)31-30-14-16-10-21(27)25(22(28)11-16)34-15-19-8-4-5-9-23(19)29/h2-14H,15H2,1H3,(H,31,32)/b30-14-. The molecule has 34 heavy (non-hydrogen) atoms. The molecule has 0 bridgehead atoms. The number of carbonyl (C=O) groups excluding carboxylic acids is 1. The Morgan fingerprint density at radius 1 is 1.00 bits per heavy atom. The van der Waals surface area contributed by atoms with Gasteiger partial charge in [-0.2, -0.15) is 5.10 Å². The van der Waals surface area contributed by atoms with Crippen LogP contribution in [0.15, 0.2) is 86.8 Å². The Bertz CT molecular complexity index is 1370. The van der Waals surface area contributed by atoms with E-state index in [1.807, 2.05) is 66.7 Å². The summed E-state index contributed by atoms with van der Waals surface area (Å²) >= 11 is 13.3. The molecule has 4 aromatic carbocycles. The summed E-state index contributed by atoms with van der Waals surface area (Å²) in [5, 5.41) is 6.69. The van der Waals surface area contributed by atoms with Crippen LogP contribution in [0.3, 0.4) is 0 Å². The molecule has 1 amide bonds. The summed E-state index contributed by atoms with van der Waals surface area (Å²) in [6.45, 7) is 0.327. The van der Waals surface area contributed by atoms with Crippen molar-refractivity contribution in [3.05, 3.63) is 103 Å². The number of hydrogen-bond donors (Lipinski definition) is 1. The molecule has 172 valence electrons. The Labute approximate surface area is 219 Å². The van der Waals surface area contributed by atoms with E-state index in [-0.39, 0.29) is 5.91 Å². The molecule has 0 heterocycles. The summed E-state index contributed by atoms with van der Waals surface area (Å²) in [6, 6.07) is 22.6. The molecule has 0 spiro atoms. The number of amides is 1. The lowest BCUT2D eigenvalue weighted by molar-refractivity contribution is 0.0952. The van der Waals surface area contributed by atoms with E-state index in [1.165, 1.54) is 7.11 Å². The summed E-state index contributed by atoms with van der Waals surface area (Å²) in [6.07, 6.45) is 1.55. The van der Waals surface area contributed by atoms with Crippen molar-refractivity contribution in [2.45, 2.75) is 6.61 Å². The molecule has 0 aliphatic rings. The number of methoxy groups -OCH3 is 1. The van der Waals surface area contributed by atoms with Crippen LogP contribution in [0.1, 0.15) is 21.5 Å². The number of fused-ring (bicyclic) bond motifs is 1. The van der Waals surface area contributed by atoms with Crippen LogP contribution in [0.25, 0.3) is 10.8 Å². The maximum absolute atomic E-state index is 12.7. The lowest BCUT2D eigenvalue weighted by Crippen LogP contribution is -2.18. The van der Waals surface area contributed by atoms with Crippen LogP contribution in [0, 0.1) is 0 Å². The van der Waals surface area contributed by atoms with E-state index >= 15 is 0 Å². The van der Waals surface area contributed by atoms with Crippen LogP contribution in [0.2, 0.25) is 5.02 Å². The molecule has 0 aliphatic heterocycles. The van der Waals surface area contributed by atoms with Gasteiger partial charge in [-0.25, -0.2) is 5.43 Å². The van der Waals surface area contributed by atoms with Crippen LogP contribution < -0.4 is 14.9 Å². The Morgan fingerprint density at radius 2 is 1.65 bits per heavy atom. The van der Waals surface area contributed by atoms with Gasteiger partial charge in [0.15, 0.2) is 0 Å². The van der Waals surface area contributed by atoms with Crippen molar-refractivity contribution >= 4 is 66.4 Å². The number of carbonyl (C=O) groups is 1. The number of ether oxygens (including phenoxy) is 2. The van der Waals surface area contributed by atoms with Gasteiger partial charge in [-0.1, -0.05) is 54.1 Å². The average molecular weight is 603 g/mol. The third-order valence-electron chi connectivity index (χ3n) is 5.04. The van der Waals surface area contributed by atoms with E-state index in [0.29, 0.717) is 28.7 Å². The largest absolute Gasteiger partial charge is 0.496 e. The summed E-state index contributed by atoms with van der Waals surface area (Å²) in [4.78, 5) is 12.7. The Kier molecular flexibility index (Phi) is 7.88. The van der Waals surface area contributed by atoms with Gasteiger partial charge in [0.1, 0.15) is 18.1 Å². The second-order valence-electron chi connectivity index (χ2n) is 7.29. The van der Waals surface area contributed by atoms with Crippen LogP contribution in [0.5, 0.6) is 11.5 Å². The van der Waals surface area contributed by atoms with Crippen molar-refractivity contribution < 1.29 is 14.3 Å². The number of nitrogens with zero attached hydrogens (tertiary/aromatic N) is 1. The number of nitrogens with one attached hydrogen (secondary N) is 1. The lowest BCUT2D eigenvalue weighted by atomic mass is 10.1. The van der Waals surface area contributed by atoms with Gasteiger partial charge in [0.25, 0.3) is 5.91 Å². The van der Waals surface area contributed by atoms with Crippen LogP contribution >= 0.6 is 43.5 Å². The molecule has 5 nitrogen and oxygen atoms in total. The lowest BCUT2D eigenvalue weighted by Gasteiger charge is -2.12. The maximum atomic E-state index is 12.7. The SMILES string of the molecule is COc1cc2ccccc2cc1C(=O)N/N=C\c1cc(Br)c(OCc2ccccc2Cl)c(Br)c1. The van der Waals surface area contributed by atoms with E-state index in [1.54, 1.807) is 12.3 Å². The molecule has 0 fully saturated rings. The van der Waals surface area contributed by atoms with Crippen LogP contribution in [0.4, 0.5) is 0 Å². The zero-order chi connectivity index (χ0) is 24.1. The van der Waals surface area contributed by atoms with Gasteiger partial charge in [-0.3, -0.25) is 4.79 Å². The topological polar surface area (TPSA) is 59.9 Å². The van der Waals surface area contributed by atoms with Crippen molar-refractivity contribution in [2.75, 3.05) is 7.11 Å². The van der Waals surface area contributed by atoms with Gasteiger partial charge in [0, 0.05) is 10.6 Å². The fraction of sp³-hybridized carbons (Fsp3) is 0.0769. The van der Waals surface area contributed by atoms with Gasteiger partial charge >= 0.3 is 0 Å². The first-order valence-corrected chi connectivity index (χ1v) is 12.2. The summed E-state index contributed by atoms with van der Waals surface area (Å²) in [7, 11) is 1.54. The normalized spacial score (nSPS) is 11.1. The fourth-order valence-electron chi connectivity index (χ4n) is 3.35. The molecule has 4 rings (SSSR count). The molecular weight excluding hydrogens is 584 g/mol. The molecule has 0 aromatic heterocycles. The number of hydrazone groups is 1. The molecule has 1 N–H and O–H groups in total. The van der Waals surface area contributed by atoms with Crippen molar-refractivity contribution in [2.24, 2.45) is 5.10 Å². The van der Waals surface area contributed by atoms with Gasteiger partial charge in [-0.15, -0.1) is 0 Å². The van der Waals surface area contributed by atoms with Gasteiger partial charge in [-0.05, 0) is 78.5 Å². The van der Waals surface area contributed by atoms with Crippen molar-refractivity contribution in [1.29, 1.82) is 0 Å². The predicted molar refractivity (Wildman–Crippen MR) is 143 cm³/mol. The molecule has 0 radical (unpaired) electrons. The maximum Gasteiger partial charge on any atom is 0.275 e. The second-order valence-corrected chi connectivity index (χ2v) is 9.41. The Balaban J connectivity index is 1.46. The highest BCUT2D eigenvalue weighted by Crippen LogP contribution is 2.35. The highest BCUT2D eigenvalue weighted by atomic mass is 79.9. The Hall–Kier alpha value is -2.87. The molecule has 0 unspecified atom stereocenters. The highest BCUT2D eigenvalue weighted by molar-refractivity contribution is 9.11. The quantitative estimate of drug-likeness (QED) is 0.178. The average Bonchev–Trinajstić information content (AvgIpc) is 2.83. The van der Waals surface area contributed by atoms with E-state index in [4.69, 9.17) is 21.1 Å². The summed E-state index contributed by atoms with van der Waals surface area (Å²) in [5.41, 5.74) is 4.62. The van der Waals surface area contributed by atoms with Gasteiger partial charge < -0.3 is 9.47 Å². The van der Waals surface area contributed by atoms with E-state index < -0.39 is 0 Å². The van der Waals surface area contributed by atoms with E-state index in [9.17, 15) is 4.79 Å². The second kappa shape index (κ2) is 11.0. The molecule has 0 saturated heterocycles. The first kappa shape index (κ1) is 24.3. The van der Waals surface area contributed by atoms with Gasteiger partial charge in [0.05, 0.1) is 27.8 Å². The number of hydrogen-bond acceptors (Lipinski definition) is 4. The first-order valence-electron chi connectivity index (χ1n) is 10.2. The van der Waals surface area contributed by atoms with Crippen molar-refractivity contribution in [3.63, 3.8) is 0 Å². The molecule has 0 saturated carbocycles. The predicted octanol–water partition coefficient (Wildman–Crippen LogP) is 7.37. The third-order valence-corrected chi connectivity index (χ3v) is 6.59. The summed E-state index contributed by atoms with van der Waals surface area (Å²) < 4.78 is 12.8. The smallest absolute Gasteiger partial charge is 0.275 e. The van der Waals surface area contributed by atoms with Gasteiger partial charge in [0.2, 0.25) is 0 Å². The number of benzene rings is 4. The highest BCUT2D eigenvalue weighted by Gasteiger charge is 2.14. The van der Waals surface area contributed by atoms with E-state index in [0.717, 1.165) is 30.8 Å². The van der Waals surface area contributed by atoms with Crippen LogP contribution in [-0.4, -0.2) is 19.2 Å². The zero-order valence-corrected chi connectivity index (χ0v) is 21.9. The number of halogens is 3. The third kappa shape index (κ3) is 5.60. The summed E-state index contributed by atoms with van der Waals surface area (Å²) in [5.74, 6) is 0.760. The Morgan fingerprint density at radius 3 is 2.32 bits per heavy atom. The molecule has 0 atom stereocenters. The van der Waals surface area contributed by atoms with Crippen molar-refractivity contribution in [1.82, 2.24) is 5.43 Å². The first-order chi connectivity index (χ1) is 16.5. The molecule has 8 heteroatoms. The molecule has 0 aliphatic carbocycles. The van der Waals surface area contributed by atoms with Crippen molar-refractivity contribution in [3.8, 4) is 11.5 Å².